The molecule has 0 fully saturated rings. The van der Waals surface area contributed by atoms with E-state index in [4.69, 9.17) is 14.2 Å². The number of rotatable bonds is 21. The van der Waals surface area contributed by atoms with Gasteiger partial charge in [0, 0.05) is 11.5 Å². The van der Waals surface area contributed by atoms with E-state index in [1.54, 1.807) is 23.5 Å². The van der Waals surface area contributed by atoms with E-state index in [9.17, 15) is 9.59 Å². The standard InChI is InChI=1S/C27H44O5S2/c1-4-5-6-7-8-9-10-11-12-13-20-32-24-16-14-23(15-17-24)27(33-21-18-25(28)30-2)34-22-19-26(29)31-3/h14-17,27H,4-13,18-22H2,1-3H3. The smallest absolute Gasteiger partial charge is 0.306 e. The molecule has 0 aliphatic rings. The molecule has 0 saturated heterocycles. The van der Waals surface area contributed by atoms with Gasteiger partial charge in [-0.1, -0.05) is 76.8 Å². The number of carbonyl (C=O) groups excluding carboxylic acids is 2. The fourth-order valence-corrected chi connectivity index (χ4v) is 6.10. The van der Waals surface area contributed by atoms with Crippen molar-refractivity contribution in [2.24, 2.45) is 0 Å². The summed E-state index contributed by atoms with van der Waals surface area (Å²) in [5.74, 6) is 1.81. The van der Waals surface area contributed by atoms with Gasteiger partial charge in [-0.3, -0.25) is 9.59 Å². The van der Waals surface area contributed by atoms with Gasteiger partial charge in [0.05, 0.1) is 38.3 Å². The van der Waals surface area contributed by atoms with E-state index in [1.807, 2.05) is 12.1 Å². The average molecular weight is 513 g/mol. The van der Waals surface area contributed by atoms with Crippen LogP contribution in [0.5, 0.6) is 5.75 Å². The van der Waals surface area contributed by atoms with Crippen molar-refractivity contribution in [1.82, 2.24) is 0 Å². The summed E-state index contributed by atoms with van der Waals surface area (Å²) >= 11 is 3.38. The van der Waals surface area contributed by atoms with Gasteiger partial charge in [0.25, 0.3) is 0 Å². The zero-order valence-electron chi connectivity index (χ0n) is 21.4. The first kappa shape index (κ1) is 30.7. The fraction of sp³-hybridized carbons (Fsp3) is 0.704. The topological polar surface area (TPSA) is 61.8 Å². The molecule has 1 aromatic rings. The van der Waals surface area contributed by atoms with E-state index in [0.717, 1.165) is 24.3 Å². The molecule has 0 aliphatic carbocycles. The minimum Gasteiger partial charge on any atom is -0.494 e. The van der Waals surface area contributed by atoms with Crippen LogP contribution in [-0.4, -0.2) is 44.3 Å². The third-order valence-electron chi connectivity index (χ3n) is 5.53. The Labute approximate surface area is 215 Å². The molecule has 0 unspecified atom stereocenters. The molecule has 0 bridgehead atoms. The van der Waals surface area contributed by atoms with Gasteiger partial charge < -0.3 is 14.2 Å². The largest absolute Gasteiger partial charge is 0.494 e. The second-order valence-corrected chi connectivity index (χ2v) is 11.0. The van der Waals surface area contributed by atoms with E-state index < -0.39 is 0 Å². The van der Waals surface area contributed by atoms with E-state index in [0.29, 0.717) is 24.3 Å². The highest BCUT2D eigenvalue weighted by atomic mass is 32.2. The molecule has 0 spiro atoms. The number of thioether (sulfide) groups is 2. The van der Waals surface area contributed by atoms with Crippen LogP contribution in [-0.2, 0) is 19.1 Å². The number of hydrogen-bond donors (Lipinski definition) is 0. The minimum atomic E-state index is -0.207. The van der Waals surface area contributed by atoms with Gasteiger partial charge in [0.15, 0.2) is 0 Å². The van der Waals surface area contributed by atoms with Crippen molar-refractivity contribution in [1.29, 1.82) is 0 Å². The molecule has 7 heteroatoms. The average Bonchev–Trinajstić information content (AvgIpc) is 2.86. The molecule has 34 heavy (non-hydrogen) atoms. The van der Waals surface area contributed by atoms with Crippen LogP contribution in [0.1, 0.15) is 94.1 Å². The Kier molecular flexibility index (Phi) is 18.9. The Morgan fingerprint density at radius 2 is 1.21 bits per heavy atom. The van der Waals surface area contributed by atoms with Crippen LogP contribution in [0.2, 0.25) is 0 Å². The normalized spacial score (nSPS) is 10.9. The highest BCUT2D eigenvalue weighted by Gasteiger charge is 2.15. The van der Waals surface area contributed by atoms with Crippen molar-refractivity contribution < 1.29 is 23.8 Å². The van der Waals surface area contributed by atoms with Gasteiger partial charge in [0.2, 0.25) is 0 Å². The van der Waals surface area contributed by atoms with Crippen LogP contribution < -0.4 is 4.74 Å². The molecular formula is C27H44O5S2. The predicted molar refractivity (Wildman–Crippen MR) is 145 cm³/mol. The summed E-state index contributed by atoms with van der Waals surface area (Å²) in [6, 6.07) is 8.18. The van der Waals surface area contributed by atoms with Crippen LogP contribution in [0.25, 0.3) is 0 Å². The molecular weight excluding hydrogens is 468 g/mol. The number of unbranched alkanes of at least 4 members (excludes halogenated alkanes) is 9. The summed E-state index contributed by atoms with van der Waals surface area (Å²) < 4.78 is 15.5. The Morgan fingerprint density at radius 3 is 1.68 bits per heavy atom. The monoisotopic (exact) mass is 512 g/mol. The minimum absolute atomic E-state index is 0.130. The van der Waals surface area contributed by atoms with Crippen LogP contribution in [0.15, 0.2) is 24.3 Å². The second-order valence-electron chi connectivity index (χ2n) is 8.33. The van der Waals surface area contributed by atoms with Crippen molar-refractivity contribution in [3.05, 3.63) is 29.8 Å². The molecule has 1 aromatic carbocycles. The highest BCUT2D eigenvalue weighted by Crippen LogP contribution is 2.40. The van der Waals surface area contributed by atoms with Crippen LogP contribution in [0, 0.1) is 0 Å². The number of ether oxygens (including phenoxy) is 3. The van der Waals surface area contributed by atoms with E-state index in [1.165, 1.54) is 72.0 Å². The van der Waals surface area contributed by atoms with Crippen LogP contribution in [0.4, 0.5) is 0 Å². The zero-order chi connectivity index (χ0) is 24.9. The first-order chi connectivity index (χ1) is 16.6. The third kappa shape index (κ3) is 15.5. The number of methoxy groups -OCH3 is 2. The molecule has 0 radical (unpaired) electrons. The maximum Gasteiger partial charge on any atom is 0.306 e. The Balaban J connectivity index is 2.34. The van der Waals surface area contributed by atoms with Crippen LogP contribution >= 0.6 is 23.5 Å². The van der Waals surface area contributed by atoms with Crippen LogP contribution in [0.3, 0.4) is 0 Å². The van der Waals surface area contributed by atoms with Gasteiger partial charge in [-0.25, -0.2) is 0 Å². The molecule has 1 rings (SSSR count). The lowest BCUT2D eigenvalue weighted by Gasteiger charge is -2.17. The van der Waals surface area contributed by atoms with E-state index >= 15 is 0 Å². The SMILES string of the molecule is CCCCCCCCCCCCOc1ccc(C(SCCC(=O)OC)SCCC(=O)OC)cc1. The lowest BCUT2D eigenvalue weighted by Crippen LogP contribution is -2.04. The van der Waals surface area contributed by atoms with Gasteiger partial charge in [-0.15, -0.1) is 23.5 Å². The van der Waals surface area contributed by atoms with Gasteiger partial charge in [0.1, 0.15) is 5.75 Å². The molecule has 0 N–H and O–H groups in total. The maximum absolute atomic E-state index is 11.4. The predicted octanol–water partition coefficient (Wildman–Crippen LogP) is 7.58. The van der Waals surface area contributed by atoms with Gasteiger partial charge in [-0.2, -0.15) is 0 Å². The quantitative estimate of drug-likeness (QED) is 0.0955. The Morgan fingerprint density at radius 1 is 0.735 bits per heavy atom. The van der Waals surface area contributed by atoms with Crippen molar-refractivity contribution in [3.63, 3.8) is 0 Å². The molecule has 0 atom stereocenters. The highest BCUT2D eigenvalue weighted by molar-refractivity contribution is 8.16. The molecule has 0 aliphatic heterocycles. The summed E-state index contributed by atoms with van der Waals surface area (Å²) in [7, 11) is 2.81. The molecule has 0 aromatic heterocycles. The molecule has 0 saturated carbocycles. The molecule has 194 valence electrons. The van der Waals surface area contributed by atoms with E-state index in [2.05, 4.69) is 19.1 Å². The van der Waals surface area contributed by atoms with Crippen molar-refractivity contribution in [2.75, 3.05) is 32.3 Å². The molecule has 0 heterocycles. The lowest BCUT2D eigenvalue weighted by atomic mass is 10.1. The first-order valence-corrected chi connectivity index (χ1v) is 14.8. The Hall–Kier alpha value is -1.34. The zero-order valence-corrected chi connectivity index (χ0v) is 23.0. The molecule has 0 amide bonds. The summed E-state index contributed by atoms with van der Waals surface area (Å²) in [5.41, 5.74) is 1.15. The van der Waals surface area contributed by atoms with Crippen molar-refractivity contribution in [2.45, 2.75) is 88.6 Å². The summed E-state index contributed by atoms with van der Waals surface area (Å²) in [4.78, 5) is 22.9. The number of hydrogen-bond acceptors (Lipinski definition) is 7. The summed E-state index contributed by atoms with van der Waals surface area (Å²) in [5, 5.41) is 0. The van der Waals surface area contributed by atoms with Crippen molar-refractivity contribution >= 4 is 35.5 Å². The number of benzene rings is 1. The number of carbonyl (C=O) groups is 2. The third-order valence-corrected chi connectivity index (χ3v) is 8.37. The number of esters is 2. The van der Waals surface area contributed by atoms with Crippen molar-refractivity contribution in [3.8, 4) is 5.75 Å². The van der Waals surface area contributed by atoms with Gasteiger partial charge >= 0.3 is 11.9 Å². The maximum atomic E-state index is 11.4. The first-order valence-electron chi connectivity index (χ1n) is 12.7. The van der Waals surface area contributed by atoms with Gasteiger partial charge in [-0.05, 0) is 24.1 Å². The summed E-state index contributed by atoms with van der Waals surface area (Å²) in [6.45, 7) is 3.01. The Bertz CT molecular complexity index is 629. The molecule has 5 nitrogen and oxygen atoms in total. The lowest BCUT2D eigenvalue weighted by molar-refractivity contribution is -0.140. The van der Waals surface area contributed by atoms with E-state index in [-0.39, 0.29) is 16.5 Å². The second kappa shape index (κ2) is 21.0. The summed E-state index contributed by atoms with van der Waals surface area (Å²) in [6.07, 6.45) is 13.9. The fourth-order valence-electron chi connectivity index (χ4n) is 3.44.